The average Bonchev–Trinajstić information content (AvgIpc) is 2.89. The molecule has 1 aromatic carbocycles. The van der Waals surface area contributed by atoms with Gasteiger partial charge < -0.3 is 25.0 Å². The number of likely N-dealkylation sites (tertiary alicyclic amines) is 1. The van der Waals surface area contributed by atoms with Gasteiger partial charge in [0.2, 0.25) is 6.79 Å². The van der Waals surface area contributed by atoms with Gasteiger partial charge in [0.15, 0.2) is 16.6 Å². The Labute approximate surface area is 124 Å². The highest BCUT2D eigenvalue weighted by atomic mass is 32.1. The fraction of sp³-hybridized carbons (Fsp3) is 0.500. The van der Waals surface area contributed by atoms with Crippen LogP contribution in [0, 0.1) is 0 Å². The maximum Gasteiger partial charge on any atom is 0.231 e. The van der Waals surface area contributed by atoms with Gasteiger partial charge in [0.05, 0.1) is 0 Å². The molecule has 0 spiro atoms. The van der Waals surface area contributed by atoms with Crippen molar-refractivity contribution in [1.82, 2.24) is 10.2 Å². The van der Waals surface area contributed by atoms with E-state index in [0.717, 1.165) is 43.1 Å². The lowest BCUT2D eigenvalue weighted by Crippen LogP contribution is -2.44. The van der Waals surface area contributed by atoms with Crippen LogP contribution in [0.2, 0.25) is 0 Å². The van der Waals surface area contributed by atoms with Crippen molar-refractivity contribution in [3.63, 3.8) is 0 Å². The molecule has 3 rings (SSSR count). The van der Waals surface area contributed by atoms with Gasteiger partial charge in [-0.15, -0.1) is 0 Å². The Hall–Kier alpha value is -1.53. The Morgan fingerprint density at radius 3 is 2.80 bits per heavy atom. The fourth-order valence-corrected chi connectivity index (χ4v) is 2.76. The first-order chi connectivity index (χ1) is 9.70. The van der Waals surface area contributed by atoms with Gasteiger partial charge >= 0.3 is 0 Å². The van der Waals surface area contributed by atoms with Crippen LogP contribution in [-0.2, 0) is 0 Å². The monoisotopic (exact) mass is 293 g/mol. The van der Waals surface area contributed by atoms with Crippen molar-refractivity contribution in [1.29, 1.82) is 0 Å². The molecular formula is C14H19N3O2S. The average molecular weight is 293 g/mol. The van der Waals surface area contributed by atoms with E-state index in [1.54, 1.807) is 0 Å². The zero-order chi connectivity index (χ0) is 13.9. The maximum absolute atomic E-state index is 5.37. The molecule has 0 amide bonds. The molecule has 0 radical (unpaired) electrons. The Kier molecular flexibility index (Phi) is 3.93. The summed E-state index contributed by atoms with van der Waals surface area (Å²) in [5.41, 5.74) is 0.916. The normalized spacial score (nSPS) is 18.9. The number of nitrogens with one attached hydrogen (secondary N) is 2. The number of thiocarbonyl (C=S) groups is 1. The highest BCUT2D eigenvalue weighted by Gasteiger charge is 2.18. The molecule has 0 saturated carbocycles. The van der Waals surface area contributed by atoms with Crippen LogP contribution in [0.15, 0.2) is 18.2 Å². The van der Waals surface area contributed by atoms with Gasteiger partial charge in [0.25, 0.3) is 0 Å². The molecule has 1 fully saturated rings. The Bertz CT molecular complexity index is 501. The number of fused-ring (bicyclic) bond motifs is 1. The summed E-state index contributed by atoms with van der Waals surface area (Å²) in [6, 6.07) is 6.20. The molecule has 108 valence electrons. The molecule has 6 heteroatoms. The van der Waals surface area contributed by atoms with Crippen LogP contribution in [0.5, 0.6) is 11.5 Å². The highest BCUT2D eigenvalue weighted by molar-refractivity contribution is 7.80. The lowest BCUT2D eigenvalue weighted by molar-refractivity contribution is 0.174. The zero-order valence-corrected chi connectivity index (χ0v) is 12.3. The molecule has 0 aromatic heterocycles. The summed E-state index contributed by atoms with van der Waals surface area (Å²) in [6.45, 7) is 2.52. The van der Waals surface area contributed by atoms with Gasteiger partial charge in [0.1, 0.15) is 0 Å². The molecule has 2 heterocycles. The van der Waals surface area contributed by atoms with E-state index in [-0.39, 0.29) is 6.79 Å². The largest absolute Gasteiger partial charge is 0.454 e. The first-order valence-electron chi connectivity index (χ1n) is 6.86. The van der Waals surface area contributed by atoms with Crippen LogP contribution < -0.4 is 20.1 Å². The topological polar surface area (TPSA) is 45.8 Å². The summed E-state index contributed by atoms with van der Waals surface area (Å²) in [7, 11) is 2.15. The molecule has 1 aromatic rings. The molecule has 2 aliphatic rings. The molecule has 0 unspecified atom stereocenters. The van der Waals surface area contributed by atoms with Crippen LogP contribution in [0.3, 0.4) is 0 Å². The third-order valence-electron chi connectivity index (χ3n) is 3.68. The summed E-state index contributed by atoms with van der Waals surface area (Å²) in [6.07, 6.45) is 2.25. The molecule has 0 bridgehead atoms. The van der Waals surface area contributed by atoms with Gasteiger partial charge in [0, 0.05) is 17.8 Å². The molecule has 2 aliphatic heterocycles. The van der Waals surface area contributed by atoms with Gasteiger partial charge in [-0.3, -0.25) is 0 Å². The molecule has 0 atom stereocenters. The van der Waals surface area contributed by atoms with Crippen molar-refractivity contribution in [3.05, 3.63) is 18.2 Å². The first kappa shape index (κ1) is 13.5. The molecule has 0 aliphatic carbocycles. The lowest BCUT2D eigenvalue weighted by atomic mass is 10.1. The minimum absolute atomic E-state index is 0.289. The predicted octanol–water partition coefficient (Wildman–Crippen LogP) is 1.80. The fourth-order valence-electron chi connectivity index (χ4n) is 2.48. The number of anilines is 1. The van der Waals surface area contributed by atoms with E-state index in [2.05, 4.69) is 22.6 Å². The van der Waals surface area contributed by atoms with E-state index in [1.165, 1.54) is 0 Å². The summed E-state index contributed by atoms with van der Waals surface area (Å²) in [4.78, 5) is 2.34. The highest BCUT2D eigenvalue weighted by Crippen LogP contribution is 2.34. The van der Waals surface area contributed by atoms with Gasteiger partial charge in [-0.05, 0) is 57.3 Å². The minimum Gasteiger partial charge on any atom is -0.454 e. The Balaban J connectivity index is 1.54. The van der Waals surface area contributed by atoms with Gasteiger partial charge in [-0.1, -0.05) is 0 Å². The summed E-state index contributed by atoms with van der Waals surface area (Å²) < 4.78 is 10.6. The SMILES string of the molecule is CN1CCC(NC(=S)Nc2ccc3c(c2)OCO3)CC1. The number of benzene rings is 1. The molecule has 1 saturated heterocycles. The third-order valence-corrected chi connectivity index (χ3v) is 3.90. The van der Waals surface area contributed by atoms with Gasteiger partial charge in [-0.25, -0.2) is 0 Å². The number of ether oxygens (including phenoxy) is 2. The maximum atomic E-state index is 5.37. The zero-order valence-electron chi connectivity index (χ0n) is 11.5. The number of hydrogen-bond acceptors (Lipinski definition) is 4. The number of hydrogen-bond donors (Lipinski definition) is 2. The molecule has 20 heavy (non-hydrogen) atoms. The summed E-state index contributed by atoms with van der Waals surface area (Å²) >= 11 is 5.37. The number of piperidine rings is 1. The van der Waals surface area contributed by atoms with E-state index in [9.17, 15) is 0 Å². The lowest BCUT2D eigenvalue weighted by Gasteiger charge is -2.30. The van der Waals surface area contributed by atoms with E-state index in [4.69, 9.17) is 21.7 Å². The first-order valence-corrected chi connectivity index (χ1v) is 7.27. The number of rotatable bonds is 2. The van der Waals surface area contributed by atoms with Gasteiger partial charge in [-0.2, -0.15) is 0 Å². The molecule has 2 N–H and O–H groups in total. The van der Waals surface area contributed by atoms with Crippen LogP contribution in [0.1, 0.15) is 12.8 Å². The second kappa shape index (κ2) is 5.85. The van der Waals surface area contributed by atoms with Crippen LogP contribution in [0.4, 0.5) is 5.69 Å². The standard InChI is InChI=1S/C14H19N3O2S/c1-17-6-4-10(5-7-17)15-14(20)16-11-2-3-12-13(8-11)19-9-18-12/h2-3,8,10H,4-7,9H2,1H3,(H2,15,16,20). The number of nitrogens with zero attached hydrogens (tertiary/aromatic N) is 1. The minimum atomic E-state index is 0.289. The van der Waals surface area contributed by atoms with Crippen LogP contribution >= 0.6 is 12.2 Å². The quantitative estimate of drug-likeness (QED) is 0.811. The predicted molar refractivity (Wildman–Crippen MR) is 82.4 cm³/mol. The van der Waals surface area contributed by atoms with Crippen LogP contribution in [0.25, 0.3) is 0 Å². The van der Waals surface area contributed by atoms with Crippen molar-refractivity contribution in [2.75, 3.05) is 32.2 Å². The summed E-state index contributed by atoms with van der Waals surface area (Å²) in [5, 5.41) is 7.24. The van der Waals surface area contributed by atoms with E-state index < -0.39 is 0 Å². The summed E-state index contributed by atoms with van der Waals surface area (Å²) in [5.74, 6) is 1.54. The Morgan fingerprint density at radius 2 is 2.00 bits per heavy atom. The van der Waals surface area contributed by atoms with Crippen molar-refractivity contribution in [2.45, 2.75) is 18.9 Å². The third kappa shape index (κ3) is 3.13. The molecule has 5 nitrogen and oxygen atoms in total. The van der Waals surface area contributed by atoms with Crippen LogP contribution in [-0.4, -0.2) is 43.0 Å². The van der Waals surface area contributed by atoms with Crippen molar-refractivity contribution < 1.29 is 9.47 Å². The van der Waals surface area contributed by atoms with Crippen molar-refractivity contribution >= 4 is 23.0 Å². The van der Waals surface area contributed by atoms with E-state index in [0.29, 0.717) is 11.2 Å². The van der Waals surface area contributed by atoms with E-state index >= 15 is 0 Å². The second-order valence-corrected chi connectivity index (χ2v) is 5.65. The van der Waals surface area contributed by atoms with Crippen molar-refractivity contribution in [2.24, 2.45) is 0 Å². The second-order valence-electron chi connectivity index (χ2n) is 5.24. The smallest absolute Gasteiger partial charge is 0.231 e. The molecular weight excluding hydrogens is 274 g/mol. The van der Waals surface area contributed by atoms with E-state index in [1.807, 2.05) is 18.2 Å². The van der Waals surface area contributed by atoms with Crippen molar-refractivity contribution in [3.8, 4) is 11.5 Å². The Morgan fingerprint density at radius 1 is 1.25 bits per heavy atom.